The maximum Gasteiger partial charge on any atom is 0.255 e. The SMILES string of the molecule is CCc1c(C(=O)NCc2ccnc(N3CCCC3)c2)cnn1-c1ccc(F)cc1. The Bertz CT molecular complexity index is 993. The summed E-state index contributed by atoms with van der Waals surface area (Å²) < 4.78 is 14.9. The topological polar surface area (TPSA) is 63.1 Å². The van der Waals surface area contributed by atoms with Crippen LogP contribution in [0, 0.1) is 5.82 Å². The molecule has 0 bridgehead atoms. The van der Waals surface area contributed by atoms with E-state index in [-0.39, 0.29) is 11.7 Å². The standard InChI is InChI=1S/C22H24FN5O/c1-2-20-19(15-26-28(20)18-7-5-17(23)6-8-18)22(29)25-14-16-9-10-24-21(13-16)27-11-3-4-12-27/h5-10,13,15H,2-4,11-12,14H2,1H3,(H,25,29). The van der Waals surface area contributed by atoms with Gasteiger partial charge in [0.25, 0.3) is 5.91 Å². The number of carbonyl (C=O) groups excluding carboxylic acids is 1. The number of pyridine rings is 1. The van der Waals surface area contributed by atoms with Crippen molar-refractivity contribution in [1.29, 1.82) is 0 Å². The van der Waals surface area contributed by atoms with Crippen LogP contribution in [0.15, 0.2) is 48.8 Å². The van der Waals surface area contributed by atoms with Crippen molar-refractivity contribution in [3.8, 4) is 5.69 Å². The maximum atomic E-state index is 13.2. The molecule has 0 unspecified atom stereocenters. The minimum atomic E-state index is -0.303. The first-order chi connectivity index (χ1) is 14.2. The Kier molecular flexibility index (Phi) is 5.55. The molecule has 1 fully saturated rings. The molecule has 150 valence electrons. The van der Waals surface area contributed by atoms with Crippen molar-refractivity contribution in [2.75, 3.05) is 18.0 Å². The van der Waals surface area contributed by atoms with E-state index in [1.54, 1.807) is 29.2 Å². The van der Waals surface area contributed by atoms with E-state index in [4.69, 9.17) is 0 Å². The lowest BCUT2D eigenvalue weighted by molar-refractivity contribution is 0.0950. The number of hydrogen-bond donors (Lipinski definition) is 1. The molecule has 1 saturated heterocycles. The minimum Gasteiger partial charge on any atom is -0.357 e. The molecule has 3 heterocycles. The van der Waals surface area contributed by atoms with Crippen LogP contribution in [0.2, 0.25) is 0 Å². The summed E-state index contributed by atoms with van der Waals surface area (Å²) in [4.78, 5) is 19.5. The molecular formula is C22H24FN5O. The van der Waals surface area contributed by atoms with Gasteiger partial charge in [0, 0.05) is 25.8 Å². The number of aromatic nitrogens is 3. The molecular weight excluding hydrogens is 369 g/mol. The highest BCUT2D eigenvalue weighted by Gasteiger charge is 2.18. The lowest BCUT2D eigenvalue weighted by Gasteiger charge is -2.17. The molecule has 0 aliphatic carbocycles. The van der Waals surface area contributed by atoms with Gasteiger partial charge in [-0.1, -0.05) is 6.92 Å². The molecule has 0 saturated carbocycles. The van der Waals surface area contributed by atoms with Gasteiger partial charge in [0.05, 0.1) is 23.1 Å². The van der Waals surface area contributed by atoms with Crippen molar-refractivity contribution in [3.63, 3.8) is 0 Å². The van der Waals surface area contributed by atoms with E-state index >= 15 is 0 Å². The molecule has 7 heteroatoms. The first-order valence-electron chi connectivity index (χ1n) is 9.96. The third-order valence-corrected chi connectivity index (χ3v) is 5.21. The summed E-state index contributed by atoms with van der Waals surface area (Å²) in [5.74, 6) is 0.491. The second-order valence-electron chi connectivity index (χ2n) is 7.15. The smallest absolute Gasteiger partial charge is 0.255 e. The minimum absolute atomic E-state index is 0.172. The third-order valence-electron chi connectivity index (χ3n) is 5.21. The number of halogens is 1. The normalized spacial score (nSPS) is 13.7. The Morgan fingerprint density at radius 2 is 1.93 bits per heavy atom. The number of amides is 1. The molecule has 1 aliphatic heterocycles. The highest BCUT2D eigenvalue weighted by atomic mass is 19.1. The molecule has 3 aromatic rings. The van der Waals surface area contributed by atoms with Gasteiger partial charge in [0.2, 0.25) is 0 Å². The van der Waals surface area contributed by atoms with Crippen molar-refractivity contribution in [3.05, 3.63) is 71.4 Å². The van der Waals surface area contributed by atoms with Crippen LogP contribution in [0.5, 0.6) is 0 Å². The average molecular weight is 393 g/mol. The Hall–Kier alpha value is -3.22. The van der Waals surface area contributed by atoms with E-state index in [0.29, 0.717) is 18.5 Å². The Morgan fingerprint density at radius 1 is 1.17 bits per heavy atom. The molecule has 0 spiro atoms. The third kappa shape index (κ3) is 4.13. The zero-order valence-electron chi connectivity index (χ0n) is 16.4. The molecule has 1 aliphatic rings. The van der Waals surface area contributed by atoms with Gasteiger partial charge in [0.15, 0.2) is 0 Å². The van der Waals surface area contributed by atoms with Crippen LogP contribution in [-0.4, -0.2) is 33.8 Å². The van der Waals surface area contributed by atoms with Gasteiger partial charge in [-0.25, -0.2) is 14.1 Å². The van der Waals surface area contributed by atoms with Crippen LogP contribution < -0.4 is 10.2 Å². The predicted octanol–water partition coefficient (Wildman–Crippen LogP) is 3.50. The highest BCUT2D eigenvalue weighted by Crippen LogP contribution is 2.19. The van der Waals surface area contributed by atoms with Crippen LogP contribution in [0.1, 0.15) is 41.4 Å². The molecule has 6 nitrogen and oxygen atoms in total. The summed E-state index contributed by atoms with van der Waals surface area (Å²) in [6.45, 7) is 4.46. The number of benzene rings is 1. The van der Waals surface area contributed by atoms with Crippen LogP contribution in [0.4, 0.5) is 10.2 Å². The van der Waals surface area contributed by atoms with Crippen molar-refractivity contribution >= 4 is 11.7 Å². The Labute approximate surface area is 169 Å². The van der Waals surface area contributed by atoms with Gasteiger partial charge >= 0.3 is 0 Å². The van der Waals surface area contributed by atoms with Gasteiger partial charge in [-0.05, 0) is 61.2 Å². The lowest BCUT2D eigenvalue weighted by atomic mass is 10.1. The van der Waals surface area contributed by atoms with E-state index < -0.39 is 0 Å². The number of nitrogens with one attached hydrogen (secondary N) is 1. The number of rotatable bonds is 6. The molecule has 1 N–H and O–H groups in total. The number of hydrogen-bond acceptors (Lipinski definition) is 4. The fraction of sp³-hybridized carbons (Fsp3) is 0.318. The van der Waals surface area contributed by atoms with E-state index in [9.17, 15) is 9.18 Å². The second-order valence-corrected chi connectivity index (χ2v) is 7.15. The van der Waals surface area contributed by atoms with Crippen LogP contribution >= 0.6 is 0 Å². The van der Waals surface area contributed by atoms with E-state index in [0.717, 1.165) is 35.9 Å². The van der Waals surface area contributed by atoms with Gasteiger partial charge in [0.1, 0.15) is 11.6 Å². The second kappa shape index (κ2) is 8.43. The largest absolute Gasteiger partial charge is 0.357 e. The maximum absolute atomic E-state index is 13.2. The number of anilines is 1. The van der Waals surface area contributed by atoms with Gasteiger partial charge in [-0.3, -0.25) is 4.79 Å². The Morgan fingerprint density at radius 3 is 2.66 bits per heavy atom. The van der Waals surface area contributed by atoms with Crippen molar-refractivity contribution in [2.24, 2.45) is 0 Å². The fourth-order valence-corrected chi connectivity index (χ4v) is 3.68. The zero-order valence-corrected chi connectivity index (χ0v) is 16.4. The summed E-state index contributed by atoms with van der Waals surface area (Å²) in [5.41, 5.74) is 3.07. The van der Waals surface area contributed by atoms with Gasteiger partial charge in [-0.15, -0.1) is 0 Å². The molecule has 0 radical (unpaired) electrons. The van der Waals surface area contributed by atoms with Gasteiger partial charge in [-0.2, -0.15) is 5.10 Å². The van der Waals surface area contributed by atoms with E-state index in [2.05, 4.69) is 20.3 Å². The molecule has 1 aromatic carbocycles. The predicted molar refractivity (Wildman–Crippen MR) is 110 cm³/mol. The lowest BCUT2D eigenvalue weighted by Crippen LogP contribution is -2.24. The van der Waals surface area contributed by atoms with Crippen molar-refractivity contribution in [2.45, 2.75) is 32.7 Å². The summed E-state index contributed by atoms with van der Waals surface area (Å²) in [6, 6.07) is 10.0. The van der Waals surface area contributed by atoms with E-state index in [1.807, 2.05) is 19.1 Å². The molecule has 1 amide bonds. The van der Waals surface area contributed by atoms with Crippen LogP contribution in [0.25, 0.3) is 5.69 Å². The summed E-state index contributed by atoms with van der Waals surface area (Å²) in [7, 11) is 0. The fourth-order valence-electron chi connectivity index (χ4n) is 3.68. The summed E-state index contributed by atoms with van der Waals surface area (Å²) in [6.07, 6.45) is 6.38. The monoisotopic (exact) mass is 393 g/mol. The van der Waals surface area contributed by atoms with Gasteiger partial charge < -0.3 is 10.2 Å². The Balaban J connectivity index is 1.48. The highest BCUT2D eigenvalue weighted by molar-refractivity contribution is 5.95. The number of carbonyl (C=O) groups is 1. The summed E-state index contributed by atoms with van der Waals surface area (Å²) >= 11 is 0. The molecule has 0 atom stereocenters. The first kappa shape index (κ1) is 19.1. The molecule has 4 rings (SSSR count). The molecule has 2 aromatic heterocycles. The average Bonchev–Trinajstić information content (AvgIpc) is 3.43. The van der Waals surface area contributed by atoms with Crippen LogP contribution in [0.3, 0.4) is 0 Å². The van der Waals surface area contributed by atoms with Crippen LogP contribution in [-0.2, 0) is 13.0 Å². The first-order valence-corrected chi connectivity index (χ1v) is 9.96. The zero-order chi connectivity index (χ0) is 20.2. The van der Waals surface area contributed by atoms with Crippen molar-refractivity contribution in [1.82, 2.24) is 20.1 Å². The summed E-state index contributed by atoms with van der Waals surface area (Å²) in [5, 5.41) is 7.33. The quantitative estimate of drug-likeness (QED) is 0.696. The van der Waals surface area contributed by atoms with Crippen molar-refractivity contribution < 1.29 is 9.18 Å². The van der Waals surface area contributed by atoms with E-state index in [1.165, 1.54) is 25.0 Å². The molecule has 29 heavy (non-hydrogen) atoms. The number of nitrogens with zero attached hydrogens (tertiary/aromatic N) is 4.